The third-order valence-electron chi connectivity index (χ3n) is 10.9. The minimum Gasteiger partial charge on any atom is -0.507 e. The minimum absolute atomic E-state index is 0.0236. The Balaban J connectivity index is 1.48. The molecule has 0 bridgehead atoms. The van der Waals surface area contributed by atoms with Crippen LogP contribution < -0.4 is 15.8 Å². The molecule has 22 heteroatoms. The molecule has 2 aromatic carbocycles. The smallest absolute Gasteiger partial charge is 0.345 e. The maximum absolute atomic E-state index is 14.1. The molecule has 0 radical (unpaired) electrons. The summed E-state index contributed by atoms with van der Waals surface area (Å²) in [6.07, 6.45) is -7.70. The highest BCUT2D eigenvalue weighted by atomic mass is 31.2. The van der Waals surface area contributed by atoms with E-state index in [0.717, 1.165) is 0 Å². The van der Waals surface area contributed by atoms with E-state index >= 15 is 0 Å². The first kappa shape index (κ1) is 48.4. The molecule has 5 rings (SSSR count). The molecule has 1 heterocycles. The lowest BCUT2D eigenvalue weighted by Gasteiger charge is -2.43. The molecular weight excluding hydrogens is 846 g/mol. The number of amides is 1. The Morgan fingerprint density at radius 1 is 0.951 bits per heavy atom. The quantitative estimate of drug-likeness (QED) is 0.0672. The number of fused-ring (bicyclic) bond motifs is 3. The summed E-state index contributed by atoms with van der Waals surface area (Å²) in [5.41, 5.74) is 1.90. The number of aliphatic hydroxyl groups excluding tert-OH is 2. The number of carbonyl (C=O) groups excluding carboxylic acids is 4. The number of benzene rings is 2. The van der Waals surface area contributed by atoms with Gasteiger partial charge in [0.2, 0.25) is 11.7 Å². The molecule has 61 heavy (non-hydrogen) atoms. The van der Waals surface area contributed by atoms with Crippen LogP contribution in [0.3, 0.4) is 0 Å². The first-order valence-electron chi connectivity index (χ1n) is 19.9. The lowest BCUT2D eigenvalue weighted by molar-refractivity contribution is -0.249. The summed E-state index contributed by atoms with van der Waals surface area (Å²) in [5, 5.41) is 57.1. The fourth-order valence-electron chi connectivity index (χ4n) is 8.05. The van der Waals surface area contributed by atoms with E-state index < -0.39 is 135 Å². The van der Waals surface area contributed by atoms with Crippen molar-refractivity contribution in [3.05, 3.63) is 51.6 Å². The van der Waals surface area contributed by atoms with Gasteiger partial charge in [-0.3, -0.25) is 28.3 Å². The number of aliphatic hydroxyl groups is 3. The zero-order valence-corrected chi connectivity index (χ0v) is 36.4. The zero-order valence-electron chi connectivity index (χ0n) is 34.7. The molecule has 0 unspecified atom stereocenters. The van der Waals surface area contributed by atoms with E-state index in [-0.39, 0.29) is 60.9 Å². The number of ketones is 3. The molecule has 2 aromatic rings. The van der Waals surface area contributed by atoms with Gasteiger partial charge in [-0.25, -0.2) is 0 Å². The van der Waals surface area contributed by atoms with E-state index in [1.54, 1.807) is 27.7 Å². The number of ether oxygens (including phenoxy) is 3. The van der Waals surface area contributed by atoms with Crippen molar-refractivity contribution >= 4 is 38.4 Å². The van der Waals surface area contributed by atoms with Crippen molar-refractivity contribution in [1.82, 2.24) is 5.32 Å². The Bertz CT molecular complexity index is 2070. The van der Waals surface area contributed by atoms with Crippen LogP contribution in [0, 0.1) is 0 Å². The topological polar surface area (TPSA) is 306 Å². The molecule has 8 N–H and O–H groups in total. The lowest BCUT2D eigenvalue weighted by atomic mass is 9.72. The number of phenolic OH excluding ortho intramolecular Hbond substituents is 2. The molecule has 1 fully saturated rings. The van der Waals surface area contributed by atoms with Gasteiger partial charge in [0.1, 0.15) is 35.6 Å². The predicted molar refractivity (Wildman–Crippen MR) is 214 cm³/mol. The van der Waals surface area contributed by atoms with Crippen LogP contribution in [0.1, 0.15) is 103 Å². The number of carbonyl (C=O) groups is 4. The molecular formula is C39H54N2O18P2. The fourth-order valence-corrected chi connectivity index (χ4v) is 13.5. The molecule has 1 amide bonds. The van der Waals surface area contributed by atoms with E-state index in [1.807, 2.05) is 0 Å². The van der Waals surface area contributed by atoms with Crippen LogP contribution in [-0.4, -0.2) is 131 Å². The monoisotopic (exact) mass is 900 g/mol. The molecule has 0 saturated carbocycles. The molecule has 1 saturated heterocycles. The molecule has 338 valence electrons. The third kappa shape index (κ3) is 9.23. The molecule has 2 aliphatic carbocycles. The van der Waals surface area contributed by atoms with Gasteiger partial charge in [0.05, 0.1) is 74.5 Å². The first-order valence-corrected chi connectivity index (χ1v) is 23.1. The van der Waals surface area contributed by atoms with Crippen molar-refractivity contribution in [2.45, 2.75) is 108 Å². The second-order valence-corrected chi connectivity index (χ2v) is 19.5. The summed E-state index contributed by atoms with van der Waals surface area (Å²) in [6, 6.07) is 1.49. The van der Waals surface area contributed by atoms with Gasteiger partial charge >= 0.3 is 15.2 Å². The Kier molecular flexibility index (Phi) is 15.4. The van der Waals surface area contributed by atoms with Crippen LogP contribution in [0.15, 0.2) is 18.2 Å². The largest absolute Gasteiger partial charge is 0.507 e. The number of nitrogens with two attached hydrogens (primary N) is 1. The highest BCUT2D eigenvalue weighted by Gasteiger charge is 2.53. The van der Waals surface area contributed by atoms with Crippen molar-refractivity contribution in [2.75, 3.05) is 40.1 Å². The standard InChI is InChI=1S/C39H54N2O18P2/c1-7-54-60(51,55-8-2)28(61(52,56-9-3)57-10-4)14-22(40)38(49)41-23-15-27(58-19(5)33(23)44)59-25-17-39(50,26(43)18-42)16-21-30(25)37(48)32-31(35(21)46)34(45)20-12-11-13-24(53-6)29(20)36(32)47/h11-13,19,22-23,25,27-28,33,42,44,46,48,50H,7-10,14-18,40H2,1-6H3,(H,41,49)/t19-,22-,23-,25-,27-,33+,39-/m0/s1. The van der Waals surface area contributed by atoms with Gasteiger partial charge in [-0.1, -0.05) is 12.1 Å². The third-order valence-corrected chi connectivity index (χ3v) is 16.9. The number of aromatic hydroxyl groups is 2. The van der Waals surface area contributed by atoms with Crippen molar-refractivity contribution in [1.29, 1.82) is 0 Å². The Morgan fingerprint density at radius 3 is 2.07 bits per heavy atom. The van der Waals surface area contributed by atoms with Crippen molar-refractivity contribution < 1.29 is 86.1 Å². The van der Waals surface area contributed by atoms with Gasteiger partial charge in [-0.15, -0.1) is 0 Å². The minimum atomic E-state index is -4.30. The van der Waals surface area contributed by atoms with Crippen molar-refractivity contribution in [3.63, 3.8) is 0 Å². The Labute approximate surface area is 352 Å². The van der Waals surface area contributed by atoms with E-state index in [4.69, 9.17) is 38.0 Å². The summed E-state index contributed by atoms with van der Waals surface area (Å²) >= 11 is 0. The second-order valence-electron chi connectivity index (χ2n) is 14.7. The SMILES string of the molecule is CCOP(=O)(OCC)C(C[C@H](N)C(=O)N[C@H]1C[C@H](O[C@H]2C[C@](O)(C(=O)CO)Cc3c(O)c4c(c(O)c32)C(=O)c2c(OC)cccc2C4=O)O[C@@H](C)[C@H]1O)P(=O)(OCC)OCC. The van der Waals surface area contributed by atoms with Gasteiger partial charge in [-0.2, -0.15) is 0 Å². The molecule has 20 nitrogen and oxygen atoms in total. The van der Waals surface area contributed by atoms with E-state index in [9.17, 15) is 53.8 Å². The van der Waals surface area contributed by atoms with Crippen LogP contribution in [0.4, 0.5) is 0 Å². The number of hydrogen-bond donors (Lipinski definition) is 7. The lowest BCUT2D eigenvalue weighted by Crippen LogP contribution is -2.58. The van der Waals surface area contributed by atoms with Gasteiger partial charge in [-0.05, 0) is 47.1 Å². The number of rotatable bonds is 19. The summed E-state index contributed by atoms with van der Waals surface area (Å²) in [7, 11) is -7.31. The van der Waals surface area contributed by atoms with Gasteiger partial charge in [0.15, 0.2) is 23.3 Å². The number of nitrogens with one attached hydrogen (secondary N) is 1. The highest BCUT2D eigenvalue weighted by Crippen LogP contribution is 2.71. The van der Waals surface area contributed by atoms with Gasteiger partial charge in [0, 0.05) is 36.0 Å². The zero-order chi connectivity index (χ0) is 45.2. The Morgan fingerprint density at radius 2 is 1.52 bits per heavy atom. The first-order chi connectivity index (χ1) is 28.8. The van der Waals surface area contributed by atoms with E-state index in [1.165, 1.54) is 32.2 Å². The number of phenols is 2. The highest BCUT2D eigenvalue weighted by molar-refractivity contribution is 7.72. The van der Waals surface area contributed by atoms with Gasteiger partial charge < -0.3 is 68.9 Å². The normalized spacial score (nSPS) is 24.5. The van der Waals surface area contributed by atoms with Crippen LogP contribution in [0.25, 0.3) is 0 Å². The van der Waals surface area contributed by atoms with Crippen molar-refractivity contribution in [3.8, 4) is 17.2 Å². The predicted octanol–water partition coefficient (Wildman–Crippen LogP) is 2.73. The van der Waals surface area contributed by atoms with E-state index in [2.05, 4.69) is 5.32 Å². The Hall–Kier alpha value is -3.62. The van der Waals surface area contributed by atoms with Crippen molar-refractivity contribution in [2.24, 2.45) is 5.73 Å². The molecule has 7 atom stereocenters. The summed E-state index contributed by atoms with van der Waals surface area (Å²) in [4.78, 5) is 54.6. The van der Waals surface area contributed by atoms with Crippen LogP contribution >= 0.6 is 15.2 Å². The molecule has 0 spiro atoms. The molecule has 0 aromatic heterocycles. The fraction of sp³-hybridized carbons (Fsp3) is 0.590. The average molecular weight is 901 g/mol. The number of Topliss-reactive ketones (excluding diaryl/α,β-unsaturated/α-hetero) is 1. The number of hydrogen-bond acceptors (Lipinski definition) is 19. The number of methoxy groups -OCH3 is 1. The van der Waals surface area contributed by atoms with E-state index in [0.29, 0.717) is 0 Å². The molecule has 3 aliphatic rings. The van der Waals surface area contributed by atoms with Crippen LogP contribution in [-0.2, 0) is 52.7 Å². The summed E-state index contributed by atoms with van der Waals surface area (Å²) in [6.45, 7) is 6.02. The maximum Gasteiger partial charge on any atom is 0.345 e. The summed E-state index contributed by atoms with van der Waals surface area (Å²) < 4.78 is 67.5. The van der Waals surface area contributed by atoms with Gasteiger partial charge in [0.25, 0.3) is 0 Å². The second kappa shape index (κ2) is 19.4. The van der Waals surface area contributed by atoms with Crippen LogP contribution in [0.2, 0.25) is 0 Å². The molecule has 1 aliphatic heterocycles. The average Bonchev–Trinajstić information content (AvgIpc) is 3.21. The van der Waals surface area contributed by atoms with Crippen LogP contribution in [0.5, 0.6) is 17.2 Å². The maximum atomic E-state index is 14.1. The summed E-state index contributed by atoms with van der Waals surface area (Å²) in [5.74, 6) is -5.28.